The molecule has 1 amide bonds. The van der Waals surface area contributed by atoms with Crippen molar-refractivity contribution in [1.29, 1.82) is 0 Å². The molecule has 7 heteroatoms. The second kappa shape index (κ2) is 11.4. The van der Waals surface area contributed by atoms with Gasteiger partial charge in [0.2, 0.25) is 5.91 Å². The standard InChI is InChI=1S/C29H32F3N3O/c1-19(9-10-22-21(3)27(11-12-29(22,4)5)35-14-13-33-18-35)7-6-8-20(2)15-28(36)34-26-17-24(31)23(30)16-25(26)32/h6-10,13-18,27H,11-12H2,1-5H3,(H,34,36). The van der Waals surface area contributed by atoms with Gasteiger partial charge in [-0.2, -0.15) is 0 Å². The Hall–Kier alpha value is -3.61. The van der Waals surface area contributed by atoms with Crippen LogP contribution in [0.25, 0.3) is 0 Å². The van der Waals surface area contributed by atoms with Crippen molar-refractivity contribution in [2.45, 2.75) is 53.5 Å². The van der Waals surface area contributed by atoms with Gasteiger partial charge in [-0.3, -0.25) is 4.79 Å². The first-order valence-electron chi connectivity index (χ1n) is 11.8. The first-order valence-corrected chi connectivity index (χ1v) is 11.8. The molecule has 0 spiro atoms. The Balaban J connectivity index is 1.67. The summed E-state index contributed by atoms with van der Waals surface area (Å²) in [7, 11) is 0. The third-order valence-electron chi connectivity index (χ3n) is 6.44. The first-order chi connectivity index (χ1) is 17.0. The van der Waals surface area contributed by atoms with Crippen LogP contribution in [0.4, 0.5) is 18.9 Å². The van der Waals surface area contributed by atoms with Crippen molar-refractivity contribution >= 4 is 11.6 Å². The topological polar surface area (TPSA) is 46.9 Å². The SMILES string of the molecule is CC(C=CC1=C(C)C(n2ccnc2)CCC1(C)C)=CC=CC(C)=CC(=O)Nc1cc(F)c(F)cc1F. The van der Waals surface area contributed by atoms with Crippen LogP contribution in [0.15, 0.2) is 89.6 Å². The Morgan fingerprint density at radius 3 is 2.53 bits per heavy atom. The quantitative estimate of drug-likeness (QED) is 0.244. The summed E-state index contributed by atoms with van der Waals surface area (Å²) < 4.78 is 42.2. The molecule has 3 rings (SSSR count). The van der Waals surface area contributed by atoms with E-state index in [0.717, 1.165) is 18.4 Å². The maximum Gasteiger partial charge on any atom is 0.248 e. The molecule has 1 heterocycles. The van der Waals surface area contributed by atoms with Crippen LogP contribution in [0, 0.1) is 22.9 Å². The molecule has 0 saturated carbocycles. The van der Waals surface area contributed by atoms with Gasteiger partial charge >= 0.3 is 0 Å². The lowest BCUT2D eigenvalue weighted by Gasteiger charge is -2.37. The van der Waals surface area contributed by atoms with Gasteiger partial charge in [0.25, 0.3) is 0 Å². The molecule has 1 aromatic carbocycles. The second-order valence-electron chi connectivity index (χ2n) is 9.77. The fourth-order valence-electron chi connectivity index (χ4n) is 4.41. The van der Waals surface area contributed by atoms with E-state index in [0.29, 0.717) is 23.7 Å². The molecule has 0 bridgehead atoms. The third kappa shape index (κ3) is 6.74. The van der Waals surface area contributed by atoms with Crippen molar-refractivity contribution in [1.82, 2.24) is 9.55 Å². The molecule has 0 fully saturated rings. The van der Waals surface area contributed by atoms with E-state index in [4.69, 9.17) is 0 Å². The average Bonchev–Trinajstić information content (AvgIpc) is 3.31. The molecule has 2 aromatic rings. The van der Waals surface area contributed by atoms with Gasteiger partial charge in [-0.05, 0) is 55.7 Å². The van der Waals surface area contributed by atoms with E-state index < -0.39 is 29.0 Å². The van der Waals surface area contributed by atoms with Crippen LogP contribution < -0.4 is 5.32 Å². The van der Waals surface area contributed by atoms with Gasteiger partial charge in [0.1, 0.15) is 5.82 Å². The number of aromatic nitrogens is 2. The molecule has 1 aromatic heterocycles. The summed E-state index contributed by atoms with van der Waals surface area (Å²) >= 11 is 0. The molecule has 0 aliphatic heterocycles. The number of carbonyl (C=O) groups is 1. The second-order valence-corrected chi connectivity index (χ2v) is 9.77. The normalized spacial score (nSPS) is 18.9. The van der Waals surface area contributed by atoms with E-state index in [9.17, 15) is 18.0 Å². The van der Waals surface area contributed by atoms with E-state index in [2.05, 4.69) is 47.8 Å². The zero-order valence-electron chi connectivity index (χ0n) is 21.3. The molecule has 1 aliphatic rings. The third-order valence-corrected chi connectivity index (χ3v) is 6.44. The monoisotopic (exact) mass is 495 g/mol. The number of allylic oxidation sites excluding steroid dienone is 9. The van der Waals surface area contributed by atoms with E-state index in [1.54, 1.807) is 13.0 Å². The Morgan fingerprint density at radius 2 is 1.83 bits per heavy atom. The summed E-state index contributed by atoms with van der Waals surface area (Å²) in [5.41, 5.74) is 3.96. The van der Waals surface area contributed by atoms with Crippen molar-refractivity contribution in [2.24, 2.45) is 5.41 Å². The number of nitrogens with one attached hydrogen (secondary N) is 1. The highest BCUT2D eigenvalue weighted by molar-refractivity contribution is 6.00. The summed E-state index contributed by atoms with van der Waals surface area (Å²) in [5, 5.41) is 2.22. The Morgan fingerprint density at radius 1 is 1.11 bits per heavy atom. The van der Waals surface area contributed by atoms with Gasteiger partial charge in [-0.1, -0.05) is 49.8 Å². The molecule has 1 unspecified atom stereocenters. The maximum absolute atomic E-state index is 13.7. The number of hydrogen-bond acceptors (Lipinski definition) is 2. The molecular formula is C29H32F3N3O. The van der Waals surface area contributed by atoms with E-state index >= 15 is 0 Å². The minimum Gasteiger partial charge on any atom is -0.330 e. The minimum absolute atomic E-state index is 0.0768. The van der Waals surface area contributed by atoms with Gasteiger partial charge in [-0.25, -0.2) is 18.2 Å². The zero-order valence-corrected chi connectivity index (χ0v) is 21.3. The van der Waals surface area contributed by atoms with E-state index in [1.165, 1.54) is 17.2 Å². The van der Waals surface area contributed by atoms with Gasteiger partial charge < -0.3 is 9.88 Å². The summed E-state index contributed by atoms with van der Waals surface area (Å²) in [4.78, 5) is 16.3. The van der Waals surface area contributed by atoms with Crippen LogP contribution in [0.3, 0.4) is 0 Å². The van der Waals surface area contributed by atoms with Crippen molar-refractivity contribution < 1.29 is 18.0 Å². The molecule has 1 atom stereocenters. The highest BCUT2D eigenvalue weighted by Crippen LogP contribution is 2.45. The van der Waals surface area contributed by atoms with Gasteiger partial charge in [0.05, 0.1) is 18.1 Å². The van der Waals surface area contributed by atoms with Crippen LogP contribution in [0.2, 0.25) is 0 Å². The fraction of sp³-hybridized carbons (Fsp3) is 0.310. The number of benzene rings is 1. The first kappa shape index (κ1) is 27.0. The molecule has 1 aliphatic carbocycles. The number of imidazole rings is 1. The molecule has 1 N–H and O–H groups in total. The smallest absolute Gasteiger partial charge is 0.248 e. The highest BCUT2D eigenvalue weighted by atomic mass is 19.2. The molecular weight excluding hydrogens is 463 g/mol. The molecule has 0 radical (unpaired) electrons. The van der Waals surface area contributed by atoms with Crippen molar-refractivity contribution in [3.8, 4) is 0 Å². The number of hydrogen-bond donors (Lipinski definition) is 1. The predicted octanol–water partition coefficient (Wildman–Crippen LogP) is 7.62. The summed E-state index contributed by atoms with van der Waals surface area (Å²) in [6.07, 6.45) is 18.9. The Labute approximate surface area is 210 Å². The molecule has 0 saturated heterocycles. The Bertz CT molecular complexity index is 1260. The van der Waals surface area contributed by atoms with Crippen molar-refractivity contribution in [2.75, 3.05) is 5.32 Å². The number of halogens is 3. The molecule has 190 valence electrons. The summed E-state index contributed by atoms with van der Waals surface area (Å²) in [5.74, 6) is -4.23. The predicted molar refractivity (Wildman–Crippen MR) is 138 cm³/mol. The van der Waals surface area contributed by atoms with Crippen LogP contribution >= 0.6 is 0 Å². The molecule has 4 nitrogen and oxygen atoms in total. The zero-order chi connectivity index (χ0) is 26.5. The maximum atomic E-state index is 13.7. The van der Waals surface area contributed by atoms with Crippen LogP contribution in [-0.2, 0) is 4.79 Å². The van der Waals surface area contributed by atoms with E-state index in [-0.39, 0.29) is 5.41 Å². The minimum atomic E-state index is -1.31. The van der Waals surface area contributed by atoms with Crippen LogP contribution in [-0.4, -0.2) is 15.5 Å². The van der Waals surface area contributed by atoms with E-state index in [1.807, 2.05) is 37.8 Å². The number of anilines is 1. The molecule has 36 heavy (non-hydrogen) atoms. The number of carbonyl (C=O) groups excluding carboxylic acids is 1. The number of nitrogens with zero attached hydrogens (tertiary/aromatic N) is 2. The highest BCUT2D eigenvalue weighted by Gasteiger charge is 2.32. The largest absolute Gasteiger partial charge is 0.330 e. The van der Waals surface area contributed by atoms with Gasteiger partial charge in [-0.15, -0.1) is 0 Å². The van der Waals surface area contributed by atoms with Crippen molar-refractivity contribution in [3.05, 3.63) is 107 Å². The number of amides is 1. The lowest BCUT2D eigenvalue weighted by atomic mass is 9.71. The van der Waals surface area contributed by atoms with Crippen molar-refractivity contribution in [3.63, 3.8) is 0 Å². The summed E-state index contributed by atoms with van der Waals surface area (Å²) in [6, 6.07) is 1.32. The Kier molecular flexibility index (Phi) is 8.56. The lowest BCUT2D eigenvalue weighted by molar-refractivity contribution is -0.112. The lowest BCUT2D eigenvalue weighted by Crippen LogP contribution is -2.25. The van der Waals surface area contributed by atoms with Gasteiger partial charge in [0, 0.05) is 30.6 Å². The average molecular weight is 496 g/mol. The number of rotatable bonds is 7. The van der Waals surface area contributed by atoms with Crippen LogP contribution in [0.1, 0.15) is 53.5 Å². The van der Waals surface area contributed by atoms with Gasteiger partial charge in [0.15, 0.2) is 11.6 Å². The van der Waals surface area contributed by atoms with Crippen LogP contribution in [0.5, 0.6) is 0 Å². The summed E-state index contributed by atoms with van der Waals surface area (Å²) in [6.45, 7) is 10.4. The fourth-order valence-corrected chi connectivity index (χ4v) is 4.41.